The van der Waals surface area contributed by atoms with E-state index in [0.717, 1.165) is 5.82 Å². The van der Waals surface area contributed by atoms with Gasteiger partial charge < -0.3 is 0 Å². The van der Waals surface area contributed by atoms with Gasteiger partial charge in [0.05, 0.1) is 17.6 Å². The monoisotopic (exact) mass is 346 g/mol. The highest BCUT2D eigenvalue weighted by Crippen LogP contribution is 2.15. The van der Waals surface area contributed by atoms with Gasteiger partial charge in [0, 0.05) is 12.4 Å². The number of nitrogens with zero attached hydrogens (tertiary/aromatic N) is 3. The van der Waals surface area contributed by atoms with E-state index in [9.17, 15) is 12.8 Å². The number of anilines is 1. The highest BCUT2D eigenvalue weighted by molar-refractivity contribution is 7.91. The van der Waals surface area contributed by atoms with Gasteiger partial charge in [-0.2, -0.15) is 0 Å². The molecule has 0 fully saturated rings. The van der Waals surface area contributed by atoms with E-state index in [1.54, 1.807) is 29.1 Å². The van der Waals surface area contributed by atoms with Gasteiger partial charge in [-0.25, -0.2) is 22.8 Å². The molecule has 1 aromatic carbocycles. The van der Waals surface area contributed by atoms with Crippen molar-refractivity contribution in [2.75, 3.05) is 4.72 Å². The minimum atomic E-state index is -3.61. The number of sulfonamides is 1. The number of rotatable bonds is 5. The van der Waals surface area contributed by atoms with Crippen LogP contribution in [0, 0.1) is 12.7 Å². The van der Waals surface area contributed by atoms with Gasteiger partial charge in [0.2, 0.25) is 10.0 Å². The molecule has 24 heavy (non-hydrogen) atoms. The highest BCUT2D eigenvalue weighted by Gasteiger charge is 2.12. The van der Waals surface area contributed by atoms with Gasteiger partial charge in [-0.3, -0.25) is 9.29 Å². The largest absolute Gasteiger partial charge is 0.288 e. The molecule has 2 heterocycles. The molecule has 2 aromatic heterocycles. The van der Waals surface area contributed by atoms with Gasteiger partial charge in [-0.1, -0.05) is 12.1 Å². The second-order valence-corrected chi connectivity index (χ2v) is 6.96. The Morgan fingerprint density at radius 2 is 1.88 bits per heavy atom. The predicted octanol–water partition coefficient (Wildman–Crippen LogP) is 2.66. The molecule has 0 bridgehead atoms. The fourth-order valence-electron chi connectivity index (χ4n) is 2.22. The molecule has 0 saturated heterocycles. The molecule has 3 rings (SSSR count). The number of nitrogens with one attached hydrogen (secondary N) is 1. The zero-order chi connectivity index (χ0) is 17.2. The Bertz CT molecular complexity index is 935. The molecule has 0 spiro atoms. The average molecular weight is 346 g/mol. The number of aryl methyl sites for hydroxylation is 1. The van der Waals surface area contributed by atoms with Crippen molar-refractivity contribution in [2.45, 2.75) is 12.7 Å². The Morgan fingerprint density at radius 1 is 1.12 bits per heavy atom. The average Bonchev–Trinajstić information content (AvgIpc) is 2.96. The van der Waals surface area contributed by atoms with Crippen molar-refractivity contribution in [3.63, 3.8) is 0 Å². The zero-order valence-electron chi connectivity index (χ0n) is 12.8. The van der Waals surface area contributed by atoms with E-state index in [-0.39, 0.29) is 5.75 Å². The van der Waals surface area contributed by atoms with Crippen LogP contribution >= 0.6 is 0 Å². The summed E-state index contributed by atoms with van der Waals surface area (Å²) < 4.78 is 41.5. The number of hydrogen-bond donors (Lipinski definition) is 1. The van der Waals surface area contributed by atoms with Crippen LogP contribution in [-0.2, 0) is 15.8 Å². The Labute approximate surface area is 139 Å². The van der Waals surface area contributed by atoms with Crippen molar-refractivity contribution < 1.29 is 12.8 Å². The maximum absolute atomic E-state index is 12.9. The number of hydrogen-bond acceptors (Lipinski definition) is 4. The third kappa shape index (κ3) is 3.77. The van der Waals surface area contributed by atoms with Crippen LogP contribution in [0.25, 0.3) is 5.82 Å². The molecule has 0 saturated carbocycles. The van der Waals surface area contributed by atoms with Crippen LogP contribution in [0.1, 0.15) is 11.4 Å². The molecule has 0 radical (unpaired) electrons. The van der Waals surface area contributed by atoms with E-state index in [1.165, 1.54) is 30.5 Å². The van der Waals surface area contributed by atoms with Gasteiger partial charge in [-0.05, 0) is 36.8 Å². The van der Waals surface area contributed by atoms with E-state index in [0.29, 0.717) is 17.1 Å². The molecular weight excluding hydrogens is 331 g/mol. The Hall–Kier alpha value is -2.74. The molecule has 124 valence electrons. The van der Waals surface area contributed by atoms with Crippen molar-refractivity contribution in [1.82, 2.24) is 14.5 Å². The summed E-state index contributed by atoms with van der Waals surface area (Å²) in [6.07, 6.45) is 4.88. The summed E-state index contributed by atoms with van der Waals surface area (Å²) in [5, 5.41) is 0. The molecule has 0 unspecified atom stereocenters. The number of aromatic nitrogens is 3. The van der Waals surface area contributed by atoms with Crippen molar-refractivity contribution >= 4 is 15.7 Å². The van der Waals surface area contributed by atoms with Gasteiger partial charge in [0.25, 0.3) is 0 Å². The lowest BCUT2D eigenvalue weighted by Gasteiger charge is -2.09. The summed E-state index contributed by atoms with van der Waals surface area (Å²) in [5.41, 5.74) is 0.862. The maximum atomic E-state index is 12.9. The van der Waals surface area contributed by atoms with Crippen molar-refractivity contribution in [2.24, 2.45) is 0 Å². The molecule has 0 atom stereocenters. The highest BCUT2D eigenvalue weighted by atomic mass is 32.2. The molecule has 6 nitrogen and oxygen atoms in total. The summed E-state index contributed by atoms with van der Waals surface area (Å²) >= 11 is 0. The Morgan fingerprint density at radius 3 is 2.46 bits per heavy atom. The molecule has 0 aliphatic rings. The summed E-state index contributed by atoms with van der Waals surface area (Å²) in [5.74, 6) is 0.785. The van der Waals surface area contributed by atoms with Crippen molar-refractivity contribution in [3.8, 4) is 5.82 Å². The number of imidazole rings is 1. The standard InChI is InChI=1S/C16H15FN4O2S/c1-12-18-8-9-21(12)16-7-6-15(10-19-16)20-24(22,23)11-13-2-4-14(17)5-3-13/h2-10,20H,11H2,1H3. The van der Waals surface area contributed by atoms with Crippen LogP contribution in [0.2, 0.25) is 0 Å². The third-order valence-electron chi connectivity index (χ3n) is 3.36. The lowest BCUT2D eigenvalue weighted by molar-refractivity contribution is 0.600. The first kappa shape index (κ1) is 16.1. The van der Waals surface area contributed by atoms with Gasteiger partial charge >= 0.3 is 0 Å². The maximum Gasteiger partial charge on any atom is 0.236 e. The van der Waals surface area contributed by atoms with E-state index in [4.69, 9.17) is 0 Å². The molecule has 3 aromatic rings. The third-order valence-corrected chi connectivity index (χ3v) is 4.62. The smallest absolute Gasteiger partial charge is 0.236 e. The van der Waals surface area contributed by atoms with Crippen molar-refractivity contribution in [3.05, 3.63) is 72.2 Å². The van der Waals surface area contributed by atoms with E-state index in [1.807, 2.05) is 6.92 Å². The number of benzene rings is 1. The van der Waals surface area contributed by atoms with Crippen LogP contribution < -0.4 is 4.72 Å². The van der Waals surface area contributed by atoms with Crippen LogP contribution in [0.5, 0.6) is 0 Å². The minimum Gasteiger partial charge on any atom is -0.288 e. The first-order valence-electron chi connectivity index (χ1n) is 7.14. The van der Waals surface area contributed by atoms with E-state index in [2.05, 4.69) is 14.7 Å². The topological polar surface area (TPSA) is 76.9 Å². The minimum absolute atomic E-state index is 0.240. The second-order valence-electron chi connectivity index (χ2n) is 5.24. The first-order chi connectivity index (χ1) is 11.4. The Kier molecular flexibility index (Phi) is 4.30. The van der Waals surface area contributed by atoms with Gasteiger partial charge in [-0.15, -0.1) is 0 Å². The van der Waals surface area contributed by atoms with Crippen LogP contribution in [0.15, 0.2) is 55.0 Å². The molecule has 8 heteroatoms. The molecule has 0 amide bonds. The second kappa shape index (κ2) is 6.40. The lowest BCUT2D eigenvalue weighted by Crippen LogP contribution is -2.15. The molecule has 0 aliphatic carbocycles. The normalized spacial score (nSPS) is 11.4. The fourth-order valence-corrected chi connectivity index (χ4v) is 3.41. The SMILES string of the molecule is Cc1nccn1-c1ccc(NS(=O)(=O)Cc2ccc(F)cc2)cn1. The molecule has 0 aliphatic heterocycles. The van der Waals surface area contributed by atoms with Gasteiger partial charge in [0.15, 0.2) is 0 Å². The Balaban J connectivity index is 1.73. The van der Waals surface area contributed by atoms with Crippen LogP contribution in [0.3, 0.4) is 0 Å². The van der Waals surface area contributed by atoms with Gasteiger partial charge in [0.1, 0.15) is 17.5 Å². The summed E-state index contributed by atoms with van der Waals surface area (Å²) in [7, 11) is -3.61. The summed E-state index contributed by atoms with van der Waals surface area (Å²) in [6.45, 7) is 1.85. The number of pyridine rings is 1. The zero-order valence-corrected chi connectivity index (χ0v) is 13.7. The van der Waals surface area contributed by atoms with Crippen molar-refractivity contribution in [1.29, 1.82) is 0 Å². The quantitative estimate of drug-likeness (QED) is 0.770. The fraction of sp³-hybridized carbons (Fsp3) is 0.125. The first-order valence-corrected chi connectivity index (χ1v) is 8.79. The molecule has 1 N–H and O–H groups in total. The van der Waals surface area contributed by atoms with Crippen LogP contribution in [0.4, 0.5) is 10.1 Å². The molecular formula is C16H15FN4O2S. The predicted molar refractivity (Wildman–Crippen MR) is 88.7 cm³/mol. The summed E-state index contributed by atoms with van der Waals surface area (Å²) in [4.78, 5) is 8.34. The number of halogens is 1. The lowest BCUT2D eigenvalue weighted by atomic mass is 10.2. The summed E-state index contributed by atoms with van der Waals surface area (Å²) in [6, 6.07) is 8.67. The van der Waals surface area contributed by atoms with Crippen LogP contribution in [-0.4, -0.2) is 23.0 Å². The van der Waals surface area contributed by atoms with E-state index >= 15 is 0 Å². The van der Waals surface area contributed by atoms with E-state index < -0.39 is 15.8 Å².